The summed E-state index contributed by atoms with van der Waals surface area (Å²) < 4.78 is 11.6. The van der Waals surface area contributed by atoms with Crippen LogP contribution in [-0.2, 0) is 27.4 Å². The van der Waals surface area contributed by atoms with Crippen molar-refractivity contribution in [2.45, 2.75) is 26.4 Å². The van der Waals surface area contributed by atoms with Crippen molar-refractivity contribution in [1.29, 1.82) is 0 Å². The number of nitrogens with zero attached hydrogens (tertiary/aromatic N) is 2. The lowest BCUT2D eigenvalue weighted by Crippen LogP contribution is -2.31. The Morgan fingerprint density at radius 2 is 1.82 bits per heavy atom. The quantitative estimate of drug-likeness (QED) is 0.587. The van der Waals surface area contributed by atoms with Crippen LogP contribution in [0.3, 0.4) is 0 Å². The molecule has 1 amide bonds. The van der Waals surface area contributed by atoms with Gasteiger partial charge in [0.15, 0.2) is 12.2 Å². The van der Waals surface area contributed by atoms with Crippen LogP contribution in [0.1, 0.15) is 17.5 Å². The van der Waals surface area contributed by atoms with Crippen LogP contribution in [0.5, 0.6) is 0 Å². The van der Waals surface area contributed by atoms with Gasteiger partial charge in [0.25, 0.3) is 5.91 Å². The van der Waals surface area contributed by atoms with E-state index >= 15 is 0 Å². The summed E-state index contributed by atoms with van der Waals surface area (Å²) in [7, 11) is 1.67. The van der Waals surface area contributed by atoms with Crippen LogP contribution in [0.25, 0.3) is 11.1 Å². The van der Waals surface area contributed by atoms with E-state index in [1.807, 2.05) is 31.2 Å². The van der Waals surface area contributed by atoms with Gasteiger partial charge in [-0.25, -0.2) is 4.79 Å². The monoisotopic (exact) mass is 382 g/mol. The van der Waals surface area contributed by atoms with E-state index in [9.17, 15) is 14.4 Å². The number of aromatic nitrogens is 1. The summed E-state index contributed by atoms with van der Waals surface area (Å²) in [6.45, 7) is 2.22. The number of hydrogen-bond acceptors (Lipinski definition) is 5. The average Bonchev–Trinajstić information content (AvgIpc) is 3.01. The molecule has 3 rings (SSSR count). The normalized spacial score (nSPS) is 10.8. The van der Waals surface area contributed by atoms with E-state index in [0.717, 1.165) is 11.1 Å². The molecule has 0 saturated carbocycles. The number of carbonyl (C=O) groups is 2. The molecule has 146 valence electrons. The molecule has 0 bridgehead atoms. The number of ether oxygens (including phenoxy) is 1. The Morgan fingerprint density at radius 3 is 2.61 bits per heavy atom. The van der Waals surface area contributed by atoms with Gasteiger partial charge in [-0.2, -0.15) is 0 Å². The summed E-state index contributed by atoms with van der Waals surface area (Å²) in [5, 5.41) is 0. The summed E-state index contributed by atoms with van der Waals surface area (Å²) in [6.07, 6.45) is -0.0295. The van der Waals surface area contributed by atoms with Crippen LogP contribution >= 0.6 is 0 Å². The predicted octanol–water partition coefficient (Wildman–Crippen LogP) is 2.49. The summed E-state index contributed by atoms with van der Waals surface area (Å²) >= 11 is 0. The Labute approximate surface area is 162 Å². The van der Waals surface area contributed by atoms with Gasteiger partial charge in [0, 0.05) is 20.1 Å². The first-order chi connectivity index (χ1) is 13.5. The van der Waals surface area contributed by atoms with Crippen LogP contribution in [0.15, 0.2) is 57.7 Å². The predicted molar refractivity (Wildman–Crippen MR) is 104 cm³/mol. The lowest BCUT2D eigenvalue weighted by Gasteiger charge is -2.18. The van der Waals surface area contributed by atoms with Gasteiger partial charge < -0.3 is 14.1 Å². The minimum absolute atomic E-state index is 0.0295. The third-order valence-corrected chi connectivity index (χ3v) is 4.56. The fourth-order valence-corrected chi connectivity index (χ4v) is 2.88. The molecule has 2 aromatic carbocycles. The molecular formula is C21H22N2O5. The molecule has 0 unspecified atom stereocenters. The minimum atomic E-state index is -0.546. The first kappa shape index (κ1) is 19.4. The topological polar surface area (TPSA) is 81.8 Å². The molecule has 0 aliphatic rings. The zero-order valence-corrected chi connectivity index (χ0v) is 15.9. The number of benzene rings is 2. The molecule has 7 nitrogen and oxygen atoms in total. The highest BCUT2D eigenvalue weighted by atomic mass is 16.5. The van der Waals surface area contributed by atoms with Gasteiger partial charge in [-0.1, -0.05) is 36.4 Å². The second-order valence-corrected chi connectivity index (χ2v) is 6.57. The second-order valence-electron chi connectivity index (χ2n) is 6.57. The van der Waals surface area contributed by atoms with Crippen molar-refractivity contribution in [2.24, 2.45) is 0 Å². The summed E-state index contributed by atoms with van der Waals surface area (Å²) in [5.41, 5.74) is 3.22. The van der Waals surface area contributed by atoms with E-state index in [2.05, 4.69) is 0 Å². The van der Waals surface area contributed by atoms with Gasteiger partial charge >= 0.3 is 11.7 Å². The highest BCUT2D eigenvalue weighted by molar-refractivity contribution is 5.80. The summed E-state index contributed by atoms with van der Waals surface area (Å²) in [4.78, 5) is 37.6. The van der Waals surface area contributed by atoms with E-state index in [1.165, 1.54) is 9.47 Å². The van der Waals surface area contributed by atoms with Crippen molar-refractivity contribution in [3.63, 3.8) is 0 Å². The molecule has 0 radical (unpaired) electrons. The Morgan fingerprint density at radius 1 is 1.11 bits per heavy atom. The molecule has 0 spiro atoms. The lowest BCUT2D eigenvalue weighted by atomic mass is 10.1. The van der Waals surface area contributed by atoms with Crippen LogP contribution in [0, 0.1) is 6.92 Å². The van der Waals surface area contributed by atoms with Gasteiger partial charge in [-0.15, -0.1) is 0 Å². The molecule has 0 saturated heterocycles. The maximum Gasteiger partial charge on any atom is 0.419 e. The number of oxazole rings is 1. The van der Waals surface area contributed by atoms with E-state index in [4.69, 9.17) is 9.15 Å². The number of amides is 1. The van der Waals surface area contributed by atoms with E-state index in [0.29, 0.717) is 17.6 Å². The Kier molecular flexibility index (Phi) is 5.93. The zero-order valence-electron chi connectivity index (χ0n) is 15.9. The first-order valence-electron chi connectivity index (χ1n) is 8.98. The smallest absolute Gasteiger partial charge is 0.419 e. The van der Waals surface area contributed by atoms with E-state index < -0.39 is 11.7 Å². The third kappa shape index (κ3) is 4.49. The first-order valence-corrected chi connectivity index (χ1v) is 8.98. The summed E-state index contributed by atoms with van der Waals surface area (Å²) in [6, 6.07) is 14.8. The molecule has 1 heterocycles. The van der Waals surface area contributed by atoms with Crippen molar-refractivity contribution >= 4 is 23.0 Å². The minimum Gasteiger partial charge on any atom is -0.456 e. The molecule has 7 heteroatoms. The fourth-order valence-electron chi connectivity index (χ4n) is 2.88. The van der Waals surface area contributed by atoms with Gasteiger partial charge in [-0.3, -0.25) is 14.2 Å². The molecule has 1 aromatic heterocycles. The number of fused-ring (bicyclic) bond motifs is 1. The van der Waals surface area contributed by atoms with Crippen molar-refractivity contribution in [1.82, 2.24) is 9.47 Å². The number of aryl methyl sites for hydroxylation is 2. The highest BCUT2D eigenvalue weighted by Gasteiger charge is 2.15. The Hall–Kier alpha value is -3.35. The molecule has 3 aromatic rings. The second kappa shape index (κ2) is 8.56. The molecule has 28 heavy (non-hydrogen) atoms. The maximum atomic E-state index is 12.2. The maximum absolute atomic E-state index is 12.2. The zero-order chi connectivity index (χ0) is 20.1. The number of esters is 1. The Bertz CT molecular complexity index is 1050. The van der Waals surface area contributed by atoms with Crippen molar-refractivity contribution in [2.75, 3.05) is 13.7 Å². The van der Waals surface area contributed by atoms with Gasteiger partial charge in [0.2, 0.25) is 0 Å². The van der Waals surface area contributed by atoms with Crippen LogP contribution < -0.4 is 5.76 Å². The fraction of sp³-hybridized carbons (Fsp3) is 0.286. The van der Waals surface area contributed by atoms with E-state index in [-0.39, 0.29) is 25.5 Å². The molecule has 0 atom stereocenters. The average molecular weight is 382 g/mol. The molecular weight excluding hydrogens is 360 g/mol. The number of rotatable bonds is 7. The standard InChI is InChI=1S/C21H22N2O5/c1-15-7-3-4-8-16(15)13-22(2)19(24)14-27-20(25)11-12-23-17-9-5-6-10-18(17)28-21(23)26/h3-10H,11-14H2,1-2H3. The molecule has 0 fully saturated rings. The lowest BCUT2D eigenvalue weighted by molar-refractivity contribution is -0.151. The van der Waals surface area contributed by atoms with Crippen LogP contribution in [0.2, 0.25) is 0 Å². The largest absolute Gasteiger partial charge is 0.456 e. The van der Waals surface area contributed by atoms with Gasteiger partial charge in [-0.05, 0) is 30.2 Å². The van der Waals surface area contributed by atoms with Crippen molar-refractivity contribution < 1.29 is 18.7 Å². The number of para-hydroxylation sites is 2. The van der Waals surface area contributed by atoms with Crippen molar-refractivity contribution in [3.8, 4) is 0 Å². The summed E-state index contributed by atoms with van der Waals surface area (Å²) in [5.74, 6) is -1.36. The molecule has 0 N–H and O–H groups in total. The van der Waals surface area contributed by atoms with Crippen LogP contribution in [0.4, 0.5) is 0 Å². The molecule has 0 aliphatic carbocycles. The number of hydrogen-bond donors (Lipinski definition) is 0. The highest BCUT2D eigenvalue weighted by Crippen LogP contribution is 2.12. The van der Waals surface area contributed by atoms with Crippen molar-refractivity contribution in [3.05, 3.63) is 70.2 Å². The number of likely N-dealkylation sites (N-methyl/N-ethyl adjacent to an activating group) is 1. The molecule has 0 aliphatic heterocycles. The van der Waals surface area contributed by atoms with Gasteiger partial charge in [0.1, 0.15) is 0 Å². The Balaban J connectivity index is 1.50. The third-order valence-electron chi connectivity index (χ3n) is 4.56. The van der Waals surface area contributed by atoms with Gasteiger partial charge in [0.05, 0.1) is 11.9 Å². The van der Waals surface area contributed by atoms with E-state index in [1.54, 1.807) is 31.3 Å². The van der Waals surface area contributed by atoms with Crippen LogP contribution in [-0.4, -0.2) is 35.0 Å². The SMILES string of the molecule is Cc1ccccc1CN(C)C(=O)COC(=O)CCn1c(=O)oc2ccccc21. The number of carbonyl (C=O) groups excluding carboxylic acids is 2.